The minimum absolute atomic E-state index is 0.0603. The summed E-state index contributed by atoms with van der Waals surface area (Å²) in [5, 5.41) is 0.193. The minimum Gasteiger partial charge on any atom is -0.278 e. The normalized spacial score (nSPS) is 11.3. The molecule has 3 nitrogen and oxygen atoms in total. The van der Waals surface area contributed by atoms with Crippen molar-refractivity contribution in [1.82, 2.24) is 0 Å². The number of anilines is 1. The second-order valence-corrected chi connectivity index (χ2v) is 6.82. The molecule has 19 heavy (non-hydrogen) atoms. The van der Waals surface area contributed by atoms with Crippen molar-refractivity contribution in [3.8, 4) is 0 Å². The fraction of sp³-hybridized carbons (Fsp3) is 0.0769. The van der Waals surface area contributed by atoms with Gasteiger partial charge in [-0.15, -0.1) is 0 Å². The van der Waals surface area contributed by atoms with Crippen molar-refractivity contribution in [1.29, 1.82) is 0 Å². The first-order chi connectivity index (χ1) is 8.92. The molecule has 0 radical (unpaired) electrons. The van der Waals surface area contributed by atoms with Gasteiger partial charge in [0, 0.05) is 4.47 Å². The van der Waals surface area contributed by atoms with Crippen LogP contribution in [-0.4, -0.2) is 8.42 Å². The Morgan fingerprint density at radius 2 is 1.79 bits per heavy atom. The molecule has 0 amide bonds. The van der Waals surface area contributed by atoms with Crippen LogP contribution in [0.3, 0.4) is 0 Å². The summed E-state index contributed by atoms with van der Waals surface area (Å²) in [6.07, 6.45) is 0. The Balaban J connectivity index is 2.43. The van der Waals surface area contributed by atoms with Crippen LogP contribution in [0.2, 0.25) is 5.02 Å². The van der Waals surface area contributed by atoms with Crippen molar-refractivity contribution in [3.05, 3.63) is 57.5 Å². The summed E-state index contributed by atoms with van der Waals surface area (Å²) in [6.45, 7) is 1.89. The van der Waals surface area contributed by atoms with Gasteiger partial charge in [-0.05, 0) is 46.6 Å². The molecule has 100 valence electrons. The molecule has 0 aliphatic rings. The lowest BCUT2D eigenvalue weighted by atomic mass is 10.2. The molecule has 0 bridgehead atoms. The fourth-order valence-electron chi connectivity index (χ4n) is 1.59. The predicted octanol–water partition coefficient (Wildman–Crippen LogP) is 4.21. The Labute approximate surface area is 125 Å². The van der Waals surface area contributed by atoms with Crippen LogP contribution in [0.15, 0.2) is 51.8 Å². The van der Waals surface area contributed by atoms with Crippen molar-refractivity contribution in [2.24, 2.45) is 0 Å². The van der Waals surface area contributed by atoms with Crippen LogP contribution < -0.4 is 4.72 Å². The average Bonchev–Trinajstić information content (AvgIpc) is 2.35. The molecule has 6 heteroatoms. The first kappa shape index (κ1) is 14.4. The average molecular weight is 361 g/mol. The molecule has 0 unspecified atom stereocenters. The van der Waals surface area contributed by atoms with Gasteiger partial charge in [-0.2, -0.15) is 0 Å². The smallest absolute Gasteiger partial charge is 0.263 e. The summed E-state index contributed by atoms with van der Waals surface area (Å²) in [5.74, 6) is 0. The highest BCUT2D eigenvalue weighted by molar-refractivity contribution is 9.10. The predicted molar refractivity (Wildman–Crippen MR) is 81.1 cm³/mol. The molecule has 0 spiro atoms. The second-order valence-electron chi connectivity index (χ2n) is 3.97. The molecule has 1 N–H and O–H groups in total. The van der Waals surface area contributed by atoms with Gasteiger partial charge in [-0.1, -0.05) is 35.9 Å². The standard InChI is InChI=1S/C13H11BrClNO2S/c1-9-5-4-7-11(13(9)14)16-19(17,18)12-8-3-2-6-10(12)15/h2-8,16H,1H3. The monoisotopic (exact) mass is 359 g/mol. The molecule has 2 aromatic carbocycles. The molecule has 0 heterocycles. The summed E-state index contributed by atoms with van der Waals surface area (Å²) in [6, 6.07) is 11.7. The quantitative estimate of drug-likeness (QED) is 0.891. The zero-order valence-corrected chi connectivity index (χ0v) is 13.2. The van der Waals surface area contributed by atoms with E-state index >= 15 is 0 Å². The zero-order valence-electron chi connectivity index (χ0n) is 10.0. The van der Waals surface area contributed by atoms with Gasteiger partial charge in [0.25, 0.3) is 10.0 Å². The third-order valence-corrected chi connectivity index (χ3v) is 5.48. The molecule has 0 saturated carbocycles. The van der Waals surface area contributed by atoms with Crippen LogP contribution in [0.5, 0.6) is 0 Å². The maximum absolute atomic E-state index is 12.3. The van der Waals surface area contributed by atoms with Crippen molar-refractivity contribution in [2.45, 2.75) is 11.8 Å². The number of rotatable bonds is 3. The highest BCUT2D eigenvalue weighted by Crippen LogP contribution is 2.29. The topological polar surface area (TPSA) is 46.2 Å². The number of halogens is 2. The molecule has 0 atom stereocenters. The van der Waals surface area contributed by atoms with Gasteiger partial charge >= 0.3 is 0 Å². The Morgan fingerprint density at radius 3 is 2.47 bits per heavy atom. The van der Waals surface area contributed by atoms with Gasteiger partial charge < -0.3 is 0 Å². The number of nitrogens with one attached hydrogen (secondary N) is 1. The summed E-state index contributed by atoms with van der Waals surface area (Å²) < 4.78 is 27.8. The van der Waals surface area contributed by atoms with E-state index in [0.717, 1.165) is 5.56 Å². The third-order valence-electron chi connectivity index (χ3n) is 2.56. The number of hydrogen-bond donors (Lipinski definition) is 1. The third kappa shape index (κ3) is 3.11. The molecule has 0 aliphatic heterocycles. The number of sulfonamides is 1. The lowest BCUT2D eigenvalue weighted by Crippen LogP contribution is -2.13. The molecule has 0 aliphatic carbocycles. The number of hydrogen-bond acceptors (Lipinski definition) is 2. The number of aryl methyl sites for hydroxylation is 1. The SMILES string of the molecule is Cc1cccc(NS(=O)(=O)c2ccccc2Cl)c1Br. The van der Waals surface area contributed by atoms with E-state index in [1.165, 1.54) is 6.07 Å². The molecule has 0 fully saturated rings. The number of benzene rings is 2. The van der Waals surface area contributed by atoms with Crippen LogP contribution in [0.1, 0.15) is 5.56 Å². The maximum Gasteiger partial charge on any atom is 0.263 e. The summed E-state index contributed by atoms with van der Waals surface area (Å²) >= 11 is 9.28. The molecule has 2 rings (SSSR count). The summed E-state index contributed by atoms with van der Waals surface area (Å²) in [5.41, 5.74) is 1.43. The van der Waals surface area contributed by atoms with Gasteiger partial charge in [0.2, 0.25) is 0 Å². The summed E-state index contributed by atoms with van der Waals surface area (Å²) in [4.78, 5) is 0.0603. The van der Waals surface area contributed by atoms with Crippen LogP contribution in [0.4, 0.5) is 5.69 Å². The van der Waals surface area contributed by atoms with Crippen molar-refractivity contribution in [2.75, 3.05) is 4.72 Å². The van der Waals surface area contributed by atoms with Gasteiger partial charge in [-0.25, -0.2) is 8.42 Å². The fourth-order valence-corrected chi connectivity index (χ4v) is 3.68. The van der Waals surface area contributed by atoms with Crippen molar-refractivity contribution in [3.63, 3.8) is 0 Å². The van der Waals surface area contributed by atoms with E-state index in [1.807, 2.05) is 13.0 Å². The highest BCUT2D eigenvalue weighted by Gasteiger charge is 2.18. The maximum atomic E-state index is 12.3. The second kappa shape index (κ2) is 5.53. The van der Waals surface area contributed by atoms with Crippen molar-refractivity contribution >= 4 is 43.2 Å². The Bertz CT molecular complexity index is 716. The van der Waals surface area contributed by atoms with Crippen LogP contribution in [0.25, 0.3) is 0 Å². The van der Waals surface area contributed by atoms with E-state index in [4.69, 9.17) is 11.6 Å². The molecule has 2 aromatic rings. The Kier molecular flexibility index (Phi) is 4.18. The zero-order chi connectivity index (χ0) is 14.0. The van der Waals surface area contributed by atoms with E-state index in [1.54, 1.807) is 30.3 Å². The molecule has 0 saturated heterocycles. The van der Waals surface area contributed by atoms with Gasteiger partial charge in [0.15, 0.2) is 0 Å². The van der Waals surface area contributed by atoms with E-state index in [0.29, 0.717) is 10.2 Å². The van der Waals surface area contributed by atoms with Gasteiger partial charge in [0.05, 0.1) is 10.7 Å². The van der Waals surface area contributed by atoms with E-state index in [-0.39, 0.29) is 9.92 Å². The molecule has 0 aromatic heterocycles. The highest BCUT2D eigenvalue weighted by atomic mass is 79.9. The van der Waals surface area contributed by atoms with Gasteiger partial charge in [-0.3, -0.25) is 4.72 Å². The van der Waals surface area contributed by atoms with E-state index in [2.05, 4.69) is 20.7 Å². The van der Waals surface area contributed by atoms with Crippen LogP contribution in [0, 0.1) is 6.92 Å². The molecular weight excluding hydrogens is 350 g/mol. The van der Waals surface area contributed by atoms with Crippen molar-refractivity contribution < 1.29 is 8.42 Å². The molecular formula is C13H11BrClNO2S. The van der Waals surface area contributed by atoms with Crippen LogP contribution >= 0.6 is 27.5 Å². The van der Waals surface area contributed by atoms with Crippen LogP contribution in [-0.2, 0) is 10.0 Å². The van der Waals surface area contributed by atoms with E-state index in [9.17, 15) is 8.42 Å². The lowest BCUT2D eigenvalue weighted by Gasteiger charge is -2.11. The van der Waals surface area contributed by atoms with Gasteiger partial charge in [0.1, 0.15) is 4.90 Å². The largest absolute Gasteiger partial charge is 0.278 e. The van der Waals surface area contributed by atoms with E-state index < -0.39 is 10.0 Å². The Morgan fingerprint density at radius 1 is 1.11 bits per heavy atom. The summed E-state index contributed by atoms with van der Waals surface area (Å²) in [7, 11) is -3.70. The first-order valence-corrected chi connectivity index (χ1v) is 8.10. The Hall–Kier alpha value is -1.04. The first-order valence-electron chi connectivity index (χ1n) is 5.44. The minimum atomic E-state index is -3.70. The lowest BCUT2D eigenvalue weighted by molar-refractivity contribution is 0.601.